The van der Waals surface area contributed by atoms with Gasteiger partial charge in [-0.15, -0.1) is 0 Å². The maximum absolute atomic E-state index is 10.3. The maximum atomic E-state index is 10.3. The Morgan fingerprint density at radius 2 is 2.33 bits per heavy atom. The minimum absolute atomic E-state index is 0.0332. The predicted molar refractivity (Wildman–Crippen MR) is 41.7 cm³/mol. The first-order chi connectivity index (χ1) is 5.77. The molecule has 1 heterocycles. The molecule has 1 radical (unpaired) electrons. The SMILES string of the molecule is O=[N+]([O-])c1ccc2[c]coc2c1. The Balaban J connectivity index is 2.68. The number of nitrogens with zero attached hydrogens (tertiary/aromatic N) is 1. The zero-order valence-electron chi connectivity index (χ0n) is 5.98. The van der Waals surface area contributed by atoms with E-state index in [-0.39, 0.29) is 5.69 Å². The molecule has 0 amide bonds. The van der Waals surface area contributed by atoms with Crippen LogP contribution >= 0.6 is 0 Å². The number of nitro groups is 1. The number of furan rings is 1. The summed E-state index contributed by atoms with van der Waals surface area (Å²) in [5.41, 5.74) is 0.523. The topological polar surface area (TPSA) is 56.3 Å². The summed E-state index contributed by atoms with van der Waals surface area (Å²) in [5, 5.41) is 11.1. The second-order valence-electron chi connectivity index (χ2n) is 2.32. The third-order valence-electron chi connectivity index (χ3n) is 1.58. The van der Waals surface area contributed by atoms with Gasteiger partial charge in [-0.3, -0.25) is 10.1 Å². The predicted octanol–water partition coefficient (Wildman–Crippen LogP) is 2.14. The Morgan fingerprint density at radius 3 is 3.08 bits per heavy atom. The van der Waals surface area contributed by atoms with Crippen molar-refractivity contribution < 1.29 is 9.34 Å². The molecule has 0 aliphatic carbocycles. The zero-order valence-corrected chi connectivity index (χ0v) is 5.98. The van der Waals surface area contributed by atoms with E-state index in [1.165, 1.54) is 18.4 Å². The fraction of sp³-hybridized carbons (Fsp3) is 0. The van der Waals surface area contributed by atoms with E-state index in [2.05, 4.69) is 6.07 Å². The molecule has 59 valence electrons. The summed E-state index contributed by atoms with van der Waals surface area (Å²) < 4.78 is 4.95. The first-order valence-corrected chi connectivity index (χ1v) is 3.31. The summed E-state index contributed by atoms with van der Waals surface area (Å²) in [6.07, 6.45) is 1.38. The molecule has 0 spiro atoms. The molecule has 2 rings (SSSR count). The summed E-state index contributed by atoms with van der Waals surface area (Å²) in [5.74, 6) is 0. The molecule has 0 atom stereocenters. The molecule has 0 aliphatic rings. The van der Waals surface area contributed by atoms with Crippen LogP contribution in [0.3, 0.4) is 0 Å². The Bertz CT molecular complexity index is 433. The van der Waals surface area contributed by atoms with Crippen LogP contribution < -0.4 is 0 Å². The zero-order chi connectivity index (χ0) is 8.55. The molecular weight excluding hydrogens is 158 g/mol. The highest BCUT2D eigenvalue weighted by Gasteiger charge is 2.06. The third kappa shape index (κ3) is 0.934. The van der Waals surface area contributed by atoms with E-state index in [0.29, 0.717) is 5.58 Å². The first kappa shape index (κ1) is 6.84. The lowest BCUT2D eigenvalue weighted by molar-refractivity contribution is -0.384. The van der Waals surface area contributed by atoms with Crippen LogP contribution in [0, 0.1) is 16.2 Å². The van der Waals surface area contributed by atoms with Crippen molar-refractivity contribution in [3.05, 3.63) is 40.6 Å². The van der Waals surface area contributed by atoms with Crippen molar-refractivity contribution in [3.63, 3.8) is 0 Å². The summed E-state index contributed by atoms with van der Waals surface area (Å²) in [7, 11) is 0. The normalized spacial score (nSPS) is 10.3. The Kier molecular flexibility index (Phi) is 1.33. The molecule has 1 aromatic carbocycles. The maximum Gasteiger partial charge on any atom is 0.273 e. The highest BCUT2D eigenvalue weighted by molar-refractivity contribution is 5.78. The summed E-state index contributed by atoms with van der Waals surface area (Å²) >= 11 is 0. The molecule has 12 heavy (non-hydrogen) atoms. The van der Waals surface area contributed by atoms with Gasteiger partial charge in [0.15, 0.2) is 0 Å². The molecule has 0 N–H and O–H groups in total. The van der Waals surface area contributed by atoms with Gasteiger partial charge in [-0.2, -0.15) is 0 Å². The van der Waals surface area contributed by atoms with E-state index >= 15 is 0 Å². The molecule has 0 saturated heterocycles. The van der Waals surface area contributed by atoms with Gasteiger partial charge in [-0.25, -0.2) is 0 Å². The van der Waals surface area contributed by atoms with Gasteiger partial charge in [0.2, 0.25) is 0 Å². The lowest BCUT2D eigenvalue weighted by Gasteiger charge is -1.89. The first-order valence-electron chi connectivity index (χ1n) is 3.31. The fourth-order valence-electron chi connectivity index (χ4n) is 0.998. The van der Waals surface area contributed by atoms with Gasteiger partial charge in [0.25, 0.3) is 5.69 Å². The number of nitro benzene ring substituents is 1. The van der Waals surface area contributed by atoms with Crippen LogP contribution in [0.4, 0.5) is 5.69 Å². The summed E-state index contributed by atoms with van der Waals surface area (Å²) in [4.78, 5) is 9.86. The molecule has 0 unspecified atom stereocenters. The number of benzene rings is 1. The van der Waals surface area contributed by atoms with Crippen LogP contribution in [-0.2, 0) is 0 Å². The third-order valence-corrected chi connectivity index (χ3v) is 1.58. The summed E-state index contributed by atoms with van der Waals surface area (Å²) in [6, 6.07) is 7.21. The number of non-ortho nitro benzene ring substituents is 1. The molecule has 1 aromatic heterocycles. The van der Waals surface area contributed by atoms with E-state index < -0.39 is 4.92 Å². The molecule has 2 aromatic rings. The second kappa shape index (κ2) is 2.34. The van der Waals surface area contributed by atoms with Gasteiger partial charge >= 0.3 is 0 Å². The summed E-state index contributed by atoms with van der Waals surface area (Å²) in [6.45, 7) is 0. The van der Waals surface area contributed by atoms with E-state index in [4.69, 9.17) is 4.42 Å². The van der Waals surface area contributed by atoms with Crippen molar-refractivity contribution in [2.45, 2.75) is 0 Å². The smallest absolute Gasteiger partial charge is 0.273 e. The van der Waals surface area contributed by atoms with Crippen LogP contribution in [0.2, 0.25) is 0 Å². The Hall–Kier alpha value is -1.84. The van der Waals surface area contributed by atoms with Gasteiger partial charge in [-0.1, -0.05) is 0 Å². The average molecular weight is 162 g/mol. The molecule has 4 nitrogen and oxygen atoms in total. The molecule has 0 bridgehead atoms. The van der Waals surface area contributed by atoms with Crippen molar-refractivity contribution in [3.8, 4) is 0 Å². The van der Waals surface area contributed by atoms with Crippen molar-refractivity contribution in [2.75, 3.05) is 0 Å². The van der Waals surface area contributed by atoms with Gasteiger partial charge in [0.05, 0.1) is 17.3 Å². The van der Waals surface area contributed by atoms with Gasteiger partial charge in [0.1, 0.15) is 5.58 Å². The van der Waals surface area contributed by atoms with Gasteiger partial charge in [-0.05, 0) is 6.07 Å². The highest BCUT2D eigenvalue weighted by Crippen LogP contribution is 2.20. The second-order valence-corrected chi connectivity index (χ2v) is 2.32. The molecule has 0 aliphatic heterocycles. The standard InChI is InChI=1S/C8H4NO3/c10-9(11)7-2-1-6-3-4-12-8(6)5-7/h1-2,4-5H. The largest absolute Gasteiger partial charge is 0.463 e. The van der Waals surface area contributed by atoms with E-state index in [1.807, 2.05) is 0 Å². The van der Waals surface area contributed by atoms with E-state index in [9.17, 15) is 10.1 Å². The monoisotopic (exact) mass is 162 g/mol. The highest BCUT2D eigenvalue weighted by atomic mass is 16.6. The van der Waals surface area contributed by atoms with Gasteiger partial charge < -0.3 is 4.42 Å². The Morgan fingerprint density at radius 1 is 1.50 bits per heavy atom. The minimum Gasteiger partial charge on any atom is -0.463 e. The molecular formula is C8H4NO3. The number of hydrogen-bond acceptors (Lipinski definition) is 3. The van der Waals surface area contributed by atoms with Crippen molar-refractivity contribution in [1.82, 2.24) is 0 Å². The van der Waals surface area contributed by atoms with Crippen molar-refractivity contribution in [1.29, 1.82) is 0 Å². The van der Waals surface area contributed by atoms with Crippen LogP contribution in [0.1, 0.15) is 0 Å². The quantitative estimate of drug-likeness (QED) is 0.476. The number of fused-ring (bicyclic) bond motifs is 1. The lowest BCUT2D eigenvalue weighted by atomic mass is 10.2. The van der Waals surface area contributed by atoms with Crippen molar-refractivity contribution in [2.24, 2.45) is 0 Å². The van der Waals surface area contributed by atoms with Crippen molar-refractivity contribution >= 4 is 16.7 Å². The van der Waals surface area contributed by atoms with Crippen LogP contribution in [0.25, 0.3) is 11.0 Å². The minimum atomic E-state index is -0.456. The van der Waals surface area contributed by atoms with Crippen LogP contribution in [0.5, 0.6) is 0 Å². The number of hydrogen-bond donors (Lipinski definition) is 0. The molecule has 0 saturated carbocycles. The average Bonchev–Trinajstić information content (AvgIpc) is 2.49. The van der Waals surface area contributed by atoms with Gasteiger partial charge in [0, 0.05) is 17.5 Å². The molecule has 0 fully saturated rings. The van der Waals surface area contributed by atoms with E-state index in [0.717, 1.165) is 5.39 Å². The Labute approximate surface area is 67.6 Å². The van der Waals surface area contributed by atoms with Crippen LogP contribution in [0.15, 0.2) is 28.9 Å². The fourth-order valence-corrected chi connectivity index (χ4v) is 0.998. The molecule has 4 heteroatoms. The number of rotatable bonds is 1. The van der Waals surface area contributed by atoms with E-state index in [1.54, 1.807) is 6.07 Å². The lowest BCUT2D eigenvalue weighted by Crippen LogP contribution is -1.85. The van der Waals surface area contributed by atoms with Crippen LogP contribution in [-0.4, -0.2) is 4.92 Å².